The fourth-order valence-electron chi connectivity index (χ4n) is 3.23. The molecule has 1 aliphatic heterocycles. The van der Waals surface area contributed by atoms with Gasteiger partial charge in [0.05, 0.1) is 12.1 Å². The molecule has 1 aromatic carbocycles. The standard InChI is InChI=1S/C20H23ClN2O5/c1-19(2,3)28-18(26)23-11-13(10-20(23,4)17(24)25)27-15-9-12-7-5-6-8-14(12)22-16(15)21/h5-9,13H,10-11H2,1-4H3,(H,24,25). The maximum atomic E-state index is 12.6. The summed E-state index contributed by atoms with van der Waals surface area (Å²) in [6.45, 7) is 6.75. The van der Waals surface area contributed by atoms with E-state index in [0.29, 0.717) is 5.75 Å². The minimum atomic E-state index is -1.44. The number of carbonyl (C=O) groups is 2. The predicted octanol–water partition coefficient (Wildman–Crippen LogP) is 4.12. The number of carbonyl (C=O) groups excluding carboxylic acids is 1. The Morgan fingerprint density at radius 3 is 2.64 bits per heavy atom. The molecule has 0 aliphatic carbocycles. The van der Waals surface area contributed by atoms with E-state index in [2.05, 4.69) is 4.98 Å². The van der Waals surface area contributed by atoms with Crippen molar-refractivity contribution in [3.63, 3.8) is 0 Å². The molecule has 3 rings (SSSR count). The molecule has 2 aromatic rings. The fraction of sp³-hybridized carbons (Fsp3) is 0.450. The van der Waals surface area contributed by atoms with Crippen LogP contribution in [0, 0.1) is 0 Å². The quantitative estimate of drug-likeness (QED) is 0.771. The molecule has 0 spiro atoms. The summed E-state index contributed by atoms with van der Waals surface area (Å²) >= 11 is 6.24. The number of likely N-dealkylation sites (tertiary alicyclic amines) is 1. The number of ether oxygens (including phenoxy) is 2. The van der Waals surface area contributed by atoms with Crippen molar-refractivity contribution in [1.82, 2.24) is 9.88 Å². The van der Waals surface area contributed by atoms with Crippen LogP contribution in [0.1, 0.15) is 34.1 Å². The molecule has 1 aliphatic rings. The largest absolute Gasteiger partial charge is 0.485 e. The lowest BCUT2D eigenvalue weighted by Crippen LogP contribution is -2.52. The number of aliphatic carboxylic acids is 1. The van der Waals surface area contributed by atoms with E-state index in [0.717, 1.165) is 10.9 Å². The molecule has 2 atom stereocenters. The van der Waals surface area contributed by atoms with Gasteiger partial charge < -0.3 is 14.6 Å². The van der Waals surface area contributed by atoms with E-state index in [9.17, 15) is 14.7 Å². The van der Waals surface area contributed by atoms with Crippen LogP contribution in [0.2, 0.25) is 5.15 Å². The van der Waals surface area contributed by atoms with Gasteiger partial charge in [-0.3, -0.25) is 4.90 Å². The van der Waals surface area contributed by atoms with Crippen LogP contribution in [0.3, 0.4) is 0 Å². The zero-order chi connectivity index (χ0) is 20.7. The van der Waals surface area contributed by atoms with E-state index in [-0.39, 0.29) is 18.1 Å². The van der Waals surface area contributed by atoms with Crippen LogP contribution in [-0.2, 0) is 9.53 Å². The van der Waals surface area contributed by atoms with Gasteiger partial charge in [0.1, 0.15) is 17.2 Å². The van der Waals surface area contributed by atoms with Gasteiger partial charge in [-0.25, -0.2) is 14.6 Å². The lowest BCUT2D eigenvalue weighted by Gasteiger charge is -2.32. The Kier molecular flexibility index (Phi) is 5.14. The number of carboxylic acid groups (broad SMARTS) is 1. The highest BCUT2D eigenvalue weighted by Gasteiger charge is 2.52. The number of aromatic nitrogens is 1. The molecule has 150 valence electrons. The topological polar surface area (TPSA) is 89.0 Å². The number of carboxylic acids is 1. The summed E-state index contributed by atoms with van der Waals surface area (Å²) in [5.74, 6) is -0.767. The van der Waals surface area contributed by atoms with Gasteiger partial charge in [-0.2, -0.15) is 0 Å². The molecule has 1 aromatic heterocycles. The molecule has 28 heavy (non-hydrogen) atoms. The van der Waals surface area contributed by atoms with Crippen molar-refractivity contribution in [2.24, 2.45) is 0 Å². The molecule has 1 N–H and O–H groups in total. The Labute approximate surface area is 168 Å². The zero-order valence-corrected chi connectivity index (χ0v) is 17.0. The maximum absolute atomic E-state index is 12.6. The molecule has 0 saturated carbocycles. The molecule has 1 fully saturated rings. The number of pyridine rings is 1. The summed E-state index contributed by atoms with van der Waals surface area (Å²) in [7, 11) is 0. The molecule has 1 amide bonds. The van der Waals surface area contributed by atoms with E-state index >= 15 is 0 Å². The van der Waals surface area contributed by atoms with Crippen LogP contribution in [0.5, 0.6) is 5.75 Å². The number of amides is 1. The molecule has 2 unspecified atom stereocenters. The van der Waals surface area contributed by atoms with E-state index < -0.39 is 29.3 Å². The fourth-order valence-corrected chi connectivity index (χ4v) is 3.42. The number of rotatable bonds is 3. The monoisotopic (exact) mass is 406 g/mol. The summed E-state index contributed by atoms with van der Waals surface area (Å²) in [4.78, 5) is 30.0. The van der Waals surface area contributed by atoms with Gasteiger partial charge in [0.15, 0.2) is 10.9 Å². The minimum absolute atomic E-state index is 0.0703. The van der Waals surface area contributed by atoms with Crippen LogP contribution in [-0.4, -0.2) is 50.8 Å². The van der Waals surface area contributed by atoms with Gasteiger partial charge >= 0.3 is 12.1 Å². The van der Waals surface area contributed by atoms with Crippen LogP contribution in [0.15, 0.2) is 30.3 Å². The Morgan fingerprint density at radius 2 is 2.00 bits per heavy atom. The molecule has 7 nitrogen and oxygen atoms in total. The first-order valence-corrected chi connectivity index (χ1v) is 9.33. The predicted molar refractivity (Wildman–Crippen MR) is 105 cm³/mol. The molecular weight excluding hydrogens is 384 g/mol. The van der Waals surface area contributed by atoms with Gasteiger partial charge in [0.25, 0.3) is 0 Å². The number of fused-ring (bicyclic) bond motifs is 1. The van der Waals surface area contributed by atoms with Crippen molar-refractivity contribution >= 4 is 34.6 Å². The number of benzene rings is 1. The third-order valence-electron chi connectivity index (χ3n) is 4.62. The number of halogens is 1. The van der Waals surface area contributed by atoms with Gasteiger partial charge in [-0.05, 0) is 39.8 Å². The Balaban J connectivity index is 1.85. The van der Waals surface area contributed by atoms with Crippen molar-refractivity contribution in [3.05, 3.63) is 35.5 Å². The second-order valence-corrected chi connectivity index (χ2v) is 8.44. The summed E-state index contributed by atoms with van der Waals surface area (Å²) in [6.07, 6.45) is -1.15. The zero-order valence-electron chi connectivity index (χ0n) is 16.2. The van der Waals surface area contributed by atoms with Gasteiger partial charge in [0, 0.05) is 11.8 Å². The van der Waals surface area contributed by atoms with Crippen molar-refractivity contribution in [1.29, 1.82) is 0 Å². The molecule has 2 heterocycles. The number of nitrogens with zero attached hydrogens (tertiary/aromatic N) is 2. The summed E-state index contributed by atoms with van der Waals surface area (Å²) < 4.78 is 11.3. The molecular formula is C20H23ClN2O5. The van der Waals surface area contributed by atoms with Crippen LogP contribution in [0.4, 0.5) is 4.79 Å². The van der Waals surface area contributed by atoms with E-state index in [1.54, 1.807) is 26.8 Å². The van der Waals surface area contributed by atoms with Crippen molar-refractivity contribution in [3.8, 4) is 5.75 Å². The molecule has 1 saturated heterocycles. The smallest absolute Gasteiger partial charge is 0.411 e. The third-order valence-corrected chi connectivity index (χ3v) is 4.89. The van der Waals surface area contributed by atoms with E-state index in [4.69, 9.17) is 21.1 Å². The highest BCUT2D eigenvalue weighted by molar-refractivity contribution is 6.31. The van der Waals surface area contributed by atoms with Crippen molar-refractivity contribution in [2.75, 3.05) is 6.54 Å². The second-order valence-electron chi connectivity index (χ2n) is 8.08. The van der Waals surface area contributed by atoms with E-state index in [1.165, 1.54) is 11.8 Å². The molecule has 0 bridgehead atoms. The summed E-state index contributed by atoms with van der Waals surface area (Å²) in [5.41, 5.74) is -1.44. The van der Waals surface area contributed by atoms with Crippen molar-refractivity contribution < 1.29 is 24.2 Å². The minimum Gasteiger partial charge on any atom is -0.485 e. The van der Waals surface area contributed by atoms with Gasteiger partial charge in [-0.15, -0.1) is 0 Å². The highest BCUT2D eigenvalue weighted by atomic mass is 35.5. The lowest BCUT2D eigenvalue weighted by molar-refractivity contribution is -0.148. The first-order chi connectivity index (χ1) is 13.0. The SMILES string of the molecule is CC(C)(C)OC(=O)N1CC(Oc2cc3ccccc3nc2Cl)CC1(C)C(=O)O. The van der Waals surface area contributed by atoms with E-state index in [1.807, 2.05) is 24.3 Å². The highest BCUT2D eigenvalue weighted by Crippen LogP contribution is 2.35. The van der Waals surface area contributed by atoms with Crippen LogP contribution < -0.4 is 4.74 Å². The molecule has 8 heteroatoms. The first-order valence-electron chi connectivity index (χ1n) is 8.95. The van der Waals surface area contributed by atoms with Crippen LogP contribution in [0.25, 0.3) is 10.9 Å². The number of hydrogen-bond acceptors (Lipinski definition) is 5. The number of hydrogen-bond donors (Lipinski definition) is 1. The Bertz CT molecular complexity index is 926. The average molecular weight is 407 g/mol. The van der Waals surface area contributed by atoms with Gasteiger partial charge in [-0.1, -0.05) is 29.8 Å². The Morgan fingerprint density at radius 1 is 1.32 bits per heavy atom. The van der Waals surface area contributed by atoms with Gasteiger partial charge in [0.2, 0.25) is 0 Å². The average Bonchev–Trinajstić information content (AvgIpc) is 2.92. The van der Waals surface area contributed by atoms with Crippen LogP contribution >= 0.6 is 11.6 Å². The molecule has 0 radical (unpaired) electrons. The summed E-state index contributed by atoms with van der Waals surface area (Å²) in [5, 5.41) is 10.8. The first kappa shape index (κ1) is 20.2. The maximum Gasteiger partial charge on any atom is 0.411 e. The number of para-hydroxylation sites is 1. The third kappa shape index (κ3) is 3.99. The Hall–Kier alpha value is -2.54. The second kappa shape index (κ2) is 7.13. The lowest BCUT2D eigenvalue weighted by atomic mass is 9.98. The van der Waals surface area contributed by atoms with Crippen molar-refractivity contribution in [2.45, 2.75) is 51.4 Å². The normalized spacial score (nSPS) is 22.3. The summed E-state index contributed by atoms with van der Waals surface area (Å²) in [6, 6.07) is 9.23.